The van der Waals surface area contributed by atoms with Crippen molar-refractivity contribution >= 4 is 23.2 Å². The van der Waals surface area contributed by atoms with E-state index in [9.17, 15) is 18.4 Å². The van der Waals surface area contributed by atoms with Gasteiger partial charge in [-0.25, -0.2) is 8.78 Å². The molecule has 0 spiro atoms. The normalized spacial score (nSPS) is 17.7. The maximum Gasteiger partial charge on any atom is 0.251 e. The molecular formula is C16H23F2N3O2S. The number of halogens is 2. The summed E-state index contributed by atoms with van der Waals surface area (Å²) in [5.74, 6) is -0.309. The van der Waals surface area contributed by atoms with Gasteiger partial charge < -0.3 is 10.6 Å². The van der Waals surface area contributed by atoms with Gasteiger partial charge in [0.25, 0.3) is 6.43 Å². The summed E-state index contributed by atoms with van der Waals surface area (Å²) in [5, 5.41) is 7.66. The summed E-state index contributed by atoms with van der Waals surface area (Å²) in [6.45, 7) is 2.35. The lowest BCUT2D eigenvalue weighted by atomic mass is 10.0. The van der Waals surface area contributed by atoms with Crippen LogP contribution in [-0.4, -0.2) is 48.8 Å². The summed E-state index contributed by atoms with van der Waals surface area (Å²) in [5.41, 5.74) is 0. The third-order valence-electron chi connectivity index (χ3n) is 4.00. The molecule has 2 amide bonds. The standard InChI is InChI=1S/C16H23F2N3O2S/c1-11(22)19-13(14-3-2-8-24-14)9-16(23)20-12-4-6-21(7-5-12)10-15(17)18/h2-3,8,12-13,15H,4-7,9-10H2,1H3,(H,19,22)(H,20,23). The fourth-order valence-corrected chi connectivity index (χ4v) is 3.66. The average molecular weight is 359 g/mol. The van der Waals surface area contributed by atoms with Crippen molar-refractivity contribution in [3.8, 4) is 0 Å². The van der Waals surface area contributed by atoms with E-state index in [-0.39, 0.29) is 36.9 Å². The highest BCUT2D eigenvalue weighted by Crippen LogP contribution is 2.22. The minimum Gasteiger partial charge on any atom is -0.353 e. The third kappa shape index (κ3) is 6.16. The summed E-state index contributed by atoms with van der Waals surface area (Å²) in [7, 11) is 0. The van der Waals surface area contributed by atoms with Crippen molar-refractivity contribution in [2.75, 3.05) is 19.6 Å². The summed E-state index contributed by atoms with van der Waals surface area (Å²) in [6.07, 6.45) is -0.803. The molecule has 1 saturated heterocycles. The number of thiophene rings is 1. The summed E-state index contributed by atoms with van der Waals surface area (Å²) >= 11 is 1.49. The molecule has 134 valence electrons. The minimum absolute atomic E-state index is 0.00716. The van der Waals surface area contributed by atoms with Gasteiger partial charge in [-0.05, 0) is 24.3 Å². The molecule has 0 saturated carbocycles. The largest absolute Gasteiger partial charge is 0.353 e. The molecule has 1 aromatic heterocycles. The van der Waals surface area contributed by atoms with Crippen LogP contribution >= 0.6 is 11.3 Å². The monoisotopic (exact) mass is 359 g/mol. The number of likely N-dealkylation sites (tertiary alicyclic amines) is 1. The van der Waals surface area contributed by atoms with Crippen molar-refractivity contribution in [3.63, 3.8) is 0 Å². The Kier molecular flexibility index (Phi) is 7.11. The smallest absolute Gasteiger partial charge is 0.251 e. The topological polar surface area (TPSA) is 61.4 Å². The van der Waals surface area contributed by atoms with Gasteiger partial charge in [-0.2, -0.15) is 0 Å². The van der Waals surface area contributed by atoms with Crippen molar-refractivity contribution in [3.05, 3.63) is 22.4 Å². The number of hydrogen-bond donors (Lipinski definition) is 2. The van der Waals surface area contributed by atoms with E-state index in [0.29, 0.717) is 25.9 Å². The van der Waals surface area contributed by atoms with E-state index >= 15 is 0 Å². The van der Waals surface area contributed by atoms with Crippen LogP contribution in [0.25, 0.3) is 0 Å². The Morgan fingerprint density at radius 3 is 2.62 bits per heavy atom. The van der Waals surface area contributed by atoms with Gasteiger partial charge in [0.2, 0.25) is 11.8 Å². The van der Waals surface area contributed by atoms with Crippen LogP contribution in [0.4, 0.5) is 8.78 Å². The quantitative estimate of drug-likeness (QED) is 0.784. The van der Waals surface area contributed by atoms with E-state index in [0.717, 1.165) is 4.88 Å². The lowest BCUT2D eigenvalue weighted by Gasteiger charge is -2.32. The first kappa shape index (κ1) is 18.8. The van der Waals surface area contributed by atoms with Crippen molar-refractivity contribution in [2.45, 2.75) is 44.7 Å². The van der Waals surface area contributed by atoms with E-state index in [1.165, 1.54) is 18.3 Å². The Morgan fingerprint density at radius 1 is 1.38 bits per heavy atom. The number of piperidine rings is 1. The lowest BCUT2D eigenvalue weighted by Crippen LogP contribution is -2.46. The minimum atomic E-state index is -2.32. The number of carbonyl (C=O) groups excluding carboxylic acids is 2. The number of nitrogens with one attached hydrogen (secondary N) is 2. The molecular weight excluding hydrogens is 336 g/mol. The third-order valence-corrected chi connectivity index (χ3v) is 4.99. The first-order valence-electron chi connectivity index (χ1n) is 8.04. The molecule has 0 aromatic carbocycles. The highest BCUT2D eigenvalue weighted by atomic mass is 32.1. The molecule has 0 aliphatic carbocycles. The first-order chi connectivity index (χ1) is 11.4. The molecule has 5 nitrogen and oxygen atoms in total. The van der Waals surface area contributed by atoms with Crippen molar-refractivity contribution in [1.29, 1.82) is 0 Å². The van der Waals surface area contributed by atoms with Crippen LogP contribution in [0, 0.1) is 0 Å². The summed E-state index contributed by atoms with van der Waals surface area (Å²) < 4.78 is 24.7. The molecule has 1 aromatic rings. The molecule has 2 rings (SSSR count). The Morgan fingerprint density at radius 2 is 2.08 bits per heavy atom. The zero-order valence-electron chi connectivity index (χ0n) is 13.6. The Balaban J connectivity index is 1.80. The van der Waals surface area contributed by atoms with E-state index in [2.05, 4.69) is 10.6 Å². The van der Waals surface area contributed by atoms with Gasteiger partial charge in [0.1, 0.15) is 0 Å². The van der Waals surface area contributed by atoms with Gasteiger partial charge in [0, 0.05) is 30.9 Å². The van der Waals surface area contributed by atoms with Crippen LogP contribution in [0.5, 0.6) is 0 Å². The van der Waals surface area contributed by atoms with Crippen LogP contribution in [0.15, 0.2) is 17.5 Å². The Hall–Kier alpha value is -1.54. The highest BCUT2D eigenvalue weighted by molar-refractivity contribution is 7.10. The second-order valence-corrected chi connectivity index (χ2v) is 6.99. The molecule has 8 heteroatoms. The maximum atomic E-state index is 12.4. The summed E-state index contributed by atoms with van der Waals surface area (Å²) in [4.78, 5) is 26.3. The van der Waals surface area contributed by atoms with Gasteiger partial charge >= 0.3 is 0 Å². The Bertz CT molecular complexity index is 531. The molecule has 0 radical (unpaired) electrons. The zero-order chi connectivity index (χ0) is 17.5. The summed E-state index contributed by atoms with van der Waals surface area (Å²) in [6, 6.07) is 3.45. The fourth-order valence-electron chi connectivity index (χ4n) is 2.88. The van der Waals surface area contributed by atoms with Crippen LogP contribution in [0.2, 0.25) is 0 Å². The highest BCUT2D eigenvalue weighted by Gasteiger charge is 2.24. The molecule has 2 N–H and O–H groups in total. The van der Waals surface area contributed by atoms with Gasteiger partial charge in [-0.1, -0.05) is 6.07 Å². The number of hydrogen-bond acceptors (Lipinski definition) is 4. The molecule has 2 heterocycles. The van der Waals surface area contributed by atoms with Crippen LogP contribution in [-0.2, 0) is 9.59 Å². The second kappa shape index (κ2) is 9.08. The zero-order valence-corrected chi connectivity index (χ0v) is 14.5. The molecule has 24 heavy (non-hydrogen) atoms. The van der Waals surface area contributed by atoms with Gasteiger partial charge in [-0.15, -0.1) is 11.3 Å². The molecule has 1 aliphatic heterocycles. The number of amides is 2. The maximum absolute atomic E-state index is 12.4. The predicted octanol–water partition coefficient (Wildman–Crippen LogP) is 2.16. The molecule has 1 atom stereocenters. The number of alkyl halides is 2. The number of nitrogens with zero attached hydrogens (tertiary/aromatic N) is 1. The van der Waals surface area contributed by atoms with E-state index in [4.69, 9.17) is 0 Å². The van der Waals surface area contributed by atoms with Crippen molar-refractivity contribution < 1.29 is 18.4 Å². The van der Waals surface area contributed by atoms with Gasteiger partial charge in [0.05, 0.1) is 19.0 Å². The Labute approximate surface area is 144 Å². The molecule has 1 fully saturated rings. The average Bonchev–Trinajstić information content (AvgIpc) is 3.02. The van der Waals surface area contributed by atoms with E-state index < -0.39 is 6.43 Å². The number of carbonyl (C=O) groups is 2. The van der Waals surface area contributed by atoms with Gasteiger partial charge in [0.15, 0.2) is 0 Å². The molecule has 1 aliphatic rings. The van der Waals surface area contributed by atoms with E-state index in [1.807, 2.05) is 17.5 Å². The SMILES string of the molecule is CC(=O)NC(CC(=O)NC1CCN(CC(F)F)CC1)c1cccs1. The van der Waals surface area contributed by atoms with Crippen LogP contribution < -0.4 is 10.6 Å². The fraction of sp³-hybridized carbons (Fsp3) is 0.625. The lowest BCUT2D eigenvalue weighted by molar-refractivity contribution is -0.123. The first-order valence-corrected chi connectivity index (χ1v) is 8.92. The van der Waals surface area contributed by atoms with Gasteiger partial charge in [-0.3, -0.25) is 14.5 Å². The molecule has 1 unspecified atom stereocenters. The van der Waals surface area contributed by atoms with Crippen molar-refractivity contribution in [1.82, 2.24) is 15.5 Å². The predicted molar refractivity (Wildman–Crippen MR) is 89.1 cm³/mol. The molecule has 0 bridgehead atoms. The van der Waals surface area contributed by atoms with E-state index in [1.54, 1.807) is 4.90 Å². The second-order valence-electron chi connectivity index (χ2n) is 6.01. The number of rotatable bonds is 7. The van der Waals surface area contributed by atoms with Crippen LogP contribution in [0.3, 0.4) is 0 Å². The van der Waals surface area contributed by atoms with Crippen LogP contribution in [0.1, 0.15) is 37.1 Å². The van der Waals surface area contributed by atoms with Crippen molar-refractivity contribution in [2.24, 2.45) is 0 Å².